The van der Waals surface area contributed by atoms with Gasteiger partial charge in [-0.25, -0.2) is 0 Å². The number of aromatic hydroxyl groups is 1. The standard InChI is InChI=1S/C15H19NO6/c1-3-13(20)22-11-8-7-10(5-4-6-12(18)19)15(21)14(11)16-9(2)17/h7-8,21H,3-6H2,1-2H3,(H,16,17)(H,18,19). The first kappa shape index (κ1) is 17.5. The van der Waals surface area contributed by atoms with Gasteiger partial charge in [-0.05, 0) is 24.5 Å². The monoisotopic (exact) mass is 309 g/mol. The zero-order chi connectivity index (χ0) is 16.7. The zero-order valence-electron chi connectivity index (χ0n) is 12.5. The van der Waals surface area contributed by atoms with Crippen LogP contribution in [0.15, 0.2) is 12.1 Å². The maximum atomic E-state index is 11.4. The fraction of sp³-hybridized carbons (Fsp3) is 0.400. The van der Waals surface area contributed by atoms with Gasteiger partial charge in [-0.2, -0.15) is 0 Å². The minimum Gasteiger partial charge on any atom is -0.505 e. The number of hydrogen-bond donors (Lipinski definition) is 3. The van der Waals surface area contributed by atoms with Crippen molar-refractivity contribution in [3.05, 3.63) is 17.7 Å². The summed E-state index contributed by atoms with van der Waals surface area (Å²) in [5, 5.41) is 21.3. The van der Waals surface area contributed by atoms with E-state index < -0.39 is 17.8 Å². The lowest BCUT2D eigenvalue weighted by atomic mass is 10.1. The highest BCUT2D eigenvalue weighted by Gasteiger charge is 2.17. The second-order valence-electron chi connectivity index (χ2n) is 4.70. The number of carboxylic acid groups (broad SMARTS) is 1. The number of aliphatic carboxylic acids is 1. The van der Waals surface area contributed by atoms with Crippen molar-refractivity contribution in [3.63, 3.8) is 0 Å². The number of aryl methyl sites for hydroxylation is 1. The number of phenols is 1. The highest BCUT2D eigenvalue weighted by atomic mass is 16.5. The van der Waals surface area contributed by atoms with Crippen molar-refractivity contribution in [2.24, 2.45) is 0 Å². The third kappa shape index (κ3) is 5.08. The summed E-state index contributed by atoms with van der Waals surface area (Å²) in [6.45, 7) is 2.89. The number of carbonyl (C=O) groups excluding carboxylic acids is 2. The molecule has 22 heavy (non-hydrogen) atoms. The molecule has 0 bridgehead atoms. The number of carbonyl (C=O) groups is 3. The molecule has 0 heterocycles. The number of esters is 1. The number of amides is 1. The Bertz CT molecular complexity index is 582. The van der Waals surface area contributed by atoms with E-state index in [1.807, 2.05) is 0 Å². The van der Waals surface area contributed by atoms with Crippen molar-refractivity contribution in [3.8, 4) is 11.5 Å². The molecule has 1 rings (SSSR count). The number of anilines is 1. The van der Waals surface area contributed by atoms with E-state index in [0.29, 0.717) is 18.4 Å². The normalized spacial score (nSPS) is 10.1. The maximum Gasteiger partial charge on any atom is 0.310 e. The fourth-order valence-electron chi connectivity index (χ4n) is 1.82. The van der Waals surface area contributed by atoms with E-state index in [1.165, 1.54) is 13.0 Å². The second-order valence-corrected chi connectivity index (χ2v) is 4.70. The summed E-state index contributed by atoms with van der Waals surface area (Å²) in [7, 11) is 0. The van der Waals surface area contributed by atoms with Gasteiger partial charge in [-0.3, -0.25) is 14.4 Å². The van der Waals surface area contributed by atoms with Gasteiger partial charge in [-0.15, -0.1) is 0 Å². The minimum atomic E-state index is -0.921. The summed E-state index contributed by atoms with van der Waals surface area (Å²) >= 11 is 0. The molecule has 0 aliphatic rings. The van der Waals surface area contributed by atoms with Gasteiger partial charge in [0.1, 0.15) is 11.4 Å². The first-order valence-corrected chi connectivity index (χ1v) is 6.90. The quantitative estimate of drug-likeness (QED) is 0.404. The van der Waals surface area contributed by atoms with Gasteiger partial charge in [0.15, 0.2) is 5.75 Å². The summed E-state index contributed by atoms with van der Waals surface area (Å²) in [4.78, 5) is 33.1. The van der Waals surface area contributed by atoms with Crippen LogP contribution in [0.5, 0.6) is 11.5 Å². The van der Waals surface area contributed by atoms with Crippen molar-refractivity contribution < 1.29 is 29.3 Å². The molecule has 0 saturated heterocycles. The molecule has 0 atom stereocenters. The lowest BCUT2D eigenvalue weighted by molar-refractivity contribution is -0.137. The van der Waals surface area contributed by atoms with E-state index >= 15 is 0 Å². The molecule has 3 N–H and O–H groups in total. The Balaban J connectivity index is 3.04. The molecule has 0 spiro atoms. The number of phenolic OH excluding ortho intramolecular Hbond substituents is 1. The lowest BCUT2D eigenvalue weighted by Crippen LogP contribution is -2.12. The molecule has 0 unspecified atom stereocenters. The van der Waals surface area contributed by atoms with E-state index in [2.05, 4.69) is 5.32 Å². The molecule has 1 aromatic rings. The fourth-order valence-corrected chi connectivity index (χ4v) is 1.82. The SMILES string of the molecule is CCC(=O)Oc1ccc(CCCC(=O)O)c(O)c1NC(C)=O. The molecule has 0 saturated carbocycles. The molecule has 0 aromatic heterocycles. The van der Waals surface area contributed by atoms with Crippen molar-refractivity contribution in [1.29, 1.82) is 0 Å². The maximum absolute atomic E-state index is 11.4. The summed E-state index contributed by atoms with van der Waals surface area (Å²) in [5.41, 5.74) is 0.489. The van der Waals surface area contributed by atoms with Crippen molar-refractivity contribution in [1.82, 2.24) is 0 Å². The van der Waals surface area contributed by atoms with Crippen molar-refractivity contribution in [2.45, 2.75) is 39.5 Å². The Kier molecular flexibility index (Phi) is 6.37. The number of benzene rings is 1. The molecule has 7 nitrogen and oxygen atoms in total. The molecular formula is C15H19NO6. The van der Waals surface area contributed by atoms with Crippen LogP contribution < -0.4 is 10.1 Å². The van der Waals surface area contributed by atoms with Gasteiger partial charge in [0.25, 0.3) is 0 Å². The second kappa shape index (κ2) is 8.02. The van der Waals surface area contributed by atoms with Gasteiger partial charge >= 0.3 is 11.9 Å². The van der Waals surface area contributed by atoms with Gasteiger partial charge in [0, 0.05) is 19.8 Å². The number of carboxylic acids is 1. The summed E-state index contributed by atoms with van der Waals surface area (Å²) < 4.78 is 5.07. The molecule has 0 aliphatic carbocycles. The van der Waals surface area contributed by atoms with Gasteiger partial charge in [0.2, 0.25) is 5.91 Å². The molecule has 0 fully saturated rings. The van der Waals surface area contributed by atoms with Crippen molar-refractivity contribution >= 4 is 23.5 Å². The third-order valence-electron chi connectivity index (χ3n) is 2.87. The molecule has 1 amide bonds. The Morgan fingerprint density at radius 3 is 2.50 bits per heavy atom. The van der Waals surface area contributed by atoms with Crippen LogP contribution >= 0.6 is 0 Å². The van der Waals surface area contributed by atoms with E-state index in [9.17, 15) is 19.5 Å². The van der Waals surface area contributed by atoms with Crippen LogP contribution in [0.3, 0.4) is 0 Å². The molecular weight excluding hydrogens is 290 g/mol. The van der Waals surface area contributed by atoms with Crippen molar-refractivity contribution in [2.75, 3.05) is 5.32 Å². The molecule has 0 aliphatic heterocycles. The minimum absolute atomic E-state index is 0.0159. The molecule has 7 heteroatoms. The summed E-state index contributed by atoms with van der Waals surface area (Å²) in [5.74, 6) is -2.00. The number of hydrogen-bond acceptors (Lipinski definition) is 5. The third-order valence-corrected chi connectivity index (χ3v) is 2.87. The van der Waals surface area contributed by atoms with Gasteiger partial charge in [0.05, 0.1) is 0 Å². The van der Waals surface area contributed by atoms with Crippen LogP contribution in [0.25, 0.3) is 0 Å². The Hall–Kier alpha value is -2.57. The Morgan fingerprint density at radius 2 is 1.95 bits per heavy atom. The van der Waals surface area contributed by atoms with Crippen LogP contribution in [0.1, 0.15) is 38.7 Å². The number of ether oxygens (including phenoxy) is 1. The van der Waals surface area contributed by atoms with Crippen LogP contribution in [-0.2, 0) is 20.8 Å². The first-order valence-electron chi connectivity index (χ1n) is 6.90. The molecule has 1 aromatic carbocycles. The molecule has 0 radical (unpaired) electrons. The smallest absolute Gasteiger partial charge is 0.310 e. The summed E-state index contributed by atoms with van der Waals surface area (Å²) in [6, 6.07) is 3.01. The Morgan fingerprint density at radius 1 is 1.27 bits per heavy atom. The first-order chi connectivity index (χ1) is 10.3. The average molecular weight is 309 g/mol. The van der Waals surface area contributed by atoms with E-state index in [0.717, 1.165) is 0 Å². The van der Waals surface area contributed by atoms with Gasteiger partial charge < -0.3 is 20.3 Å². The molecule has 120 valence electrons. The lowest BCUT2D eigenvalue weighted by Gasteiger charge is -2.14. The van der Waals surface area contributed by atoms with E-state index in [4.69, 9.17) is 9.84 Å². The average Bonchev–Trinajstić information content (AvgIpc) is 2.44. The number of rotatable bonds is 7. The zero-order valence-corrected chi connectivity index (χ0v) is 12.5. The summed E-state index contributed by atoms with van der Waals surface area (Å²) in [6.07, 6.45) is 0.797. The predicted octanol–water partition coefficient (Wildman–Crippen LogP) is 2.07. The van der Waals surface area contributed by atoms with Crippen LogP contribution in [-0.4, -0.2) is 28.1 Å². The largest absolute Gasteiger partial charge is 0.505 e. The van der Waals surface area contributed by atoms with E-state index in [-0.39, 0.29) is 30.0 Å². The Labute approximate surface area is 127 Å². The van der Waals surface area contributed by atoms with Crippen LogP contribution in [0.4, 0.5) is 5.69 Å². The van der Waals surface area contributed by atoms with Crippen LogP contribution in [0, 0.1) is 0 Å². The predicted molar refractivity (Wildman–Crippen MR) is 78.9 cm³/mol. The topological polar surface area (TPSA) is 113 Å². The number of nitrogens with one attached hydrogen (secondary N) is 1. The van der Waals surface area contributed by atoms with E-state index in [1.54, 1.807) is 13.0 Å². The highest BCUT2D eigenvalue weighted by molar-refractivity contribution is 5.93. The van der Waals surface area contributed by atoms with Gasteiger partial charge in [-0.1, -0.05) is 13.0 Å². The van der Waals surface area contributed by atoms with Crippen LogP contribution in [0.2, 0.25) is 0 Å². The highest BCUT2D eigenvalue weighted by Crippen LogP contribution is 2.37.